The number of ketones is 1. The lowest BCUT2D eigenvalue weighted by Crippen LogP contribution is -2.42. The number of nitrogens with zero attached hydrogens (tertiary/aromatic N) is 1. The molecule has 1 heterocycles. The van der Waals surface area contributed by atoms with Crippen LogP contribution in [0.4, 0.5) is 20.2 Å². The molecule has 1 fully saturated rings. The van der Waals surface area contributed by atoms with E-state index < -0.39 is 27.6 Å². The second-order valence-electron chi connectivity index (χ2n) is 9.07. The molecular weight excluding hydrogens is 522 g/mol. The van der Waals surface area contributed by atoms with Crippen molar-refractivity contribution in [1.29, 1.82) is 0 Å². The number of benzene rings is 3. The van der Waals surface area contributed by atoms with Crippen LogP contribution < -0.4 is 9.62 Å². The predicted molar refractivity (Wildman–Crippen MR) is 140 cm³/mol. The van der Waals surface area contributed by atoms with Gasteiger partial charge in [-0.05, 0) is 54.8 Å². The summed E-state index contributed by atoms with van der Waals surface area (Å²) in [6, 6.07) is 14.9. The number of amides is 1. The summed E-state index contributed by atoms with van der Waals surface area (Å²) in [4.78, 5) is 27.3. The fraction of sp³-hybridized carbons (Fsp3) is 0.259. The van der Waals surface area contributed by atoms with Crippen LogP contribution in [0.5, 0.6) is 0 Å². The SMILES string of the molecule is CS(=O)(=O)Nc1ccccc1-c1ccc(N2CCC[C@@H](CC(=O)Cc3ccc(Cl)cc3F)C2=O)cc1F. The first-order valence-electron chi connectivity index (χ1n) is 11.7. The number of piperidine rings is 1. The minimum absolute atomic E-state index is 0.0392. The summed E-state index contributed by atoms with van der Waals surface area (Å²) in [5, 5.41) is 0.236. The molecule has 0 aliphatic carbocycles. The average molecular weight is 547 g/mol. The maximum Gasteiger partial charge on any atom is 0.230 e. The Balaban J connectivity index is 1.50. The van der Waals surface area contributed by atoms with Crippen molar-refractivity contribution in [3.8, 4) is 11.1 Å². The summed E-state index contributed by atoms with van der Waals surface area (Å²) in [7, 11) is -3.57. The first-order valence-corrected chi connectivity index (χ1v) is 13.9. The second kappa shape index (κ2) is 11.0. The molecule has 4 rings (SSSR count). The lowest BCUT2D eigenvalue weighted by molar-refractivity contribution is -0.128. The van der Waals surface area contributed by atoms with Gasteiger partial charge in [-0.2, -0.15) is 0 Å². The van der Waals surface area contributed by atoms with Crippen molar-refractivity contribution in [2.24, 2.45) is 5.92 Å². The lowest BCUT2D eigenvalue weighted by Gasteiger charge is -2.32. The molecule has 0 spiro atoms. The zero-order valence-corrected chi connectivity index (χ0v) is 21.6. The first kappa shape index (κ1) is 26.8. The van der Waals surface area contributed by atoms with E-state index in [2.05, 4.69) is 4.72 Å². The van der Waals surface area contributed by atoms with Crippen molar-refractivity contribution in [1.82, 2.24) is 0 Å². The van der Waals surface area contributed by atoms with E-state index in [0.717, 1.165) is 12.3 Å². The molecule has 1 atom stereocenters. The molecule has 0 aromatic heterocycles. The number of rotatable bonds is 8. The van der Waals surface area contributed by atoms with Gasteiger partial charge in [0.15, 0.2) is 0 Å². The molecule has 0 saturated carbocycles. The third kappa shape index (κ3) is 6.53. The lowest BCUT2D eigenvalue weighted by atomic mass is 9.90. The summed E-state index contributed by atoms with van der Waals surface area (Å²) < 4.78 is 55.1. The third-order valence-corrected chi connectivity index (χ3v) is 7.03. The highest BCUT2D eigenvalue weighted by molar-refractivity contribution is 7.92. The van der Waals surface area contributed by atoms with E-state index in [-0.39, 0.29) is 46.4 Å². The van der Waals surface area contributed by atoms with Gasteiger partial charge in [-0.1, -0.05) is 35.9 Å². The highest BCUT2D eigenvalue weighted by Crippen LogP contribution is 2.34. The van der Waals surface area contributed by atoms with Gasteiger partial charge in [-0.3, -0.25) is 14.3 Å². The number of carbonyl (C=O) groups excluding carboxylic acids is 2. The Hall–Kier alpha value is -3.30. The van der Waals surface area contributed by atoms with Crippen LogP contribution in [0.2, 0.25) is 5.02 Å². The fourth-order valence-corrected chi connectivity index (χ4v) is 5.25. The van der Waals surface area contributed by atoms with E-state index >= 15 is 4.39 Å². The van der Waals surface area contributed by atoms with Crippen LogP contribution in [0.15, 0.2) is 60.7 Å². The summed E-state index contributed by atoms with van der Waals surface area (Å²) in [6.45, 7) is 0.375. The van der Waals surface area contributed by atoms with Gasteiger partial charge in [0.25, 0.3) is 0 Å². The minimum Gasteiger partial charge on any atom is -0.312 e. The van der Waals surface area contributed by atoms with Crippen LogP contribution in [0.1, 0.15) is 24.8 Å². The number of halogens is 3. The number of Topliss-reactive ketones (excluding diaryl/α,β-unsaturated/α-hetero) is 1. The topological polar surface area (TPSA) is 83.6 Å². The number of hydrogen-bond acceptors (Lipinski definition) is 4. The van der Waals surface area contributed by atoms with Gasteiger partial charge in [0.2, 0.25) is 15.9 Å². The maximum atomic E-state index is 15.2. The van der Waals surface area contributed by atoms with Crippen LogP contribution in [-0.2, 0) is 26.0 Å². The fourth-order valence-electron chi connectivity index (χ4n) is 4.52. The van der Waals surface area contributed by atoms with Gasteiger partial charge in [0.1, 0.15) is 17.4 Å². The van der Waals surface area contributed by atoms with E-state index in [9.17, 15) is 22.4 Å². The molecule has 3 aromatic rings. The summed E-state index contributed by atoms with van der Waals surface area (Å²) in [5.74, 6) is -2.33. The van der Waals surface area contributed by atoms with Gasteiger partial charge in [-0.15, -0.1) is 0 Å². The predicted octanol–water partition coefficient (Wildman–Crippen LogP) is 5.60. The van der Waals surface area contributed by atoms with Crippen molar-refractivity contribution in [2.45, 2.75) is 25.7 Å². The van der Waals surface area contributed by atoms with Crippen molar-refractivity contribution in [3.05, 3.63) is 82.9 Å². The van der Waals surface area contributed by atoms with Crippen molar-refractivity contribution in [3.63, 3.8) is 0 Å². The molecule has 1 aliphatic rings. The van der Waals surface area contributed by atoms with Crippen LogP contribution in [-0.4, -0.2) is 32.9 Å². The number of para-hydroxylation sites is 1. The molecule has 6 nitrogen and oxygen atoms in total. The van der Waals surface area contributed by atoms with E-state index in [4.69, 9.17) is 11.6 Å². The van der Waals surface area contributed by atoms with Gasteiger partial charge in [-0.25, -0.2) is 17.2 Å². The molecule has 1 aliphatic heterocycles. The molecule has 3 aromatic carbocycles. The third-order valence-electron chi connectivity index (χ3n) is 6.20. The minimum atomic E-state index is -3.57. The normalized spacial score (nSPS) is 16.1. The maximum absolute atomic E-state index is 15.2. The summed E-state index contributed by atoms with van der Waals surface area (Å²) in [5.41, 5.74) is 1.34. The quantitative estimate of drug-likeness (QED) is 0.398. The number of hydrogen-bond donors (Lipinski definition) is 1. The van der Waals surface area contributed by atoms with Crippen molar-refractivity contribution >= 4 is 44.7 Å². The summed E-state index contributed by atoms with van der Waals surface area (Å²) in [6.07, 6.45) is 1.97. The Morgan fingerprint density at radius 2 is 1.81 bits per heavy atom. The number of nitrogens with one attached hydrogen (secondary N) is 1. The average Bonchev–Trinajstić information content (AvgIpc) is 2.82. The molecule has 0 radical (unpaired) electrons. The first-order chi connectivity index (χ1) is 17.5. The monoisotopic (exact) mass is 546 g/mol. The molecule has 1 amide bonds. The highest BCUT2D eigenvalue weighted by Gasteiger charge is 2.31. The van der Waals surface area contributed by atoms with Crippen molar-refractivity contribution < 1.29 is 26.8 Å². The molecule has 1 saturated heterocycles. The Bertz CT molecular complexity index is 1460. The Morgan fingerprint density at radius 1 is 1.05 bits per heavy atom. The smallest absolute Gasteiger partial charge is 0.230 e. The molecule has 1 N–H and O–H groups in total. The molecular formula is C27H25ClF2N2O4S. The van der Waals surface area contributed by atoms with E-state index in [1.807, 2.05) is 0 Å². The molecule has 0 bridgehead atoms. The van der Waals surface area contributed by atoms with Crippen molar-refractivity contribution in [2.75, 3.05) is 22.4 Å². The molecule has 37 heavy (non-hydrogen) atoms. The van der Waals surface area contributed by atoms with Crippen LogP contribution in [0.3, 0.4) is 0 Å². The zero-order valence-electron chi connectivity index (χ0n) is 20.0. The van der Waals surface area contributed by atoms with Gasteiger partial charge in [0.05, 0.1) is 11.9 Å². The molecule has 194 valence electrons. The molecule has 10 heteroatoms. The summed E-state index contributed by atoms with van der Waals surface area (Å²) >= 11 is 5.76. The van der Waals surface area contributed by atoms with Gasteiger partial charge >= 0.3 is 0 Å². The van der Waals surface area contributed by atoms with Crippen LogP contribution in [0, 0.1) is 17.6 Å². The molecule has 0 unspecified atom stereocenters. The Kier molecular flexibility index (Phi) is 7.94. The standard InChI is InChI=1S/C27H25ClF2N2O4S/c1-37(35,36)31-26-7-3-2-6-23(26)22-11-10-20(16-25(22)30)32-12-4-5-18(27(32)34)14-21(33)13-17-8-9-19(28)15-24(17)29/h2-3,6-11,15-16,18,31H,4-5,12-14H2,1H3/t18-/m0/s1. The van der Waals surface area contributed by atoms with E-state index in [1.54, 1.807) is 24.3 Å². The second-order valence-corrected chi connectivity index (χ2v) is 11.3. The largest absolute Gasteiger partial charge is 0.312 e. The number of carbonyl (C=O) groups is 2. The van der Waals surface area contributed by atoms with Gasteiger partial charge < -0.3 is 4.90 Å². The highest BCUT2D eigenvalue weighted by atomic mass is 35.5. The van der Waals surface area contributed by atoms with Gasteiger partial charge in [0, 0.05) is 47.1 Å². The van der Waals surface area contributed by atoms with Crippen LogP contribution >= 0.6 is 11.6 Å². The zero-order chi connectivity index (χ0) is 26.7. The van der Waals surface area contributed by atoms with E-state index in [1.165, 1.54) is 35.2 Å². The van der Waals surface area contributed by atoms with E-state index in [0.29, 0.717) is 30.6 Å². The Labute approximate surface area is 219 Å². The number of sulfonamides is 1. The number of anilines is 2. The Morgan fingerprint density at radius 3 is 2.51 bits per heavy atom. The van der Waals surface area contributed by atoms with Crippen LogP contribution in [0.25, 0.3) is 11.1 Å².